The number of carbonyl (C=O) groups excluding carboxylic acids is 1. The quantitative estimate of drug-likeness (QED) is 0.693. The highest BCUT2D eigenvalue weighted by molar-refractivity contribution is 6.31. The van der Waals surface area contributed by atoms with Crippen LogP contribution < -0.4 is 16.6 Å². The molecule has 0 aliphatic rings. The number of fused-ring (bicyclic) bond motifs is 1. The number of rotatable bonds is 2. The number of hydrogen-bond acceptors (Lipinski definition) is 4. The molecule has 0 unspecified atom stereocenters. The molecule has 7 nitrogen and oxygen atoms in total. The third kappa shape index (κ3) is 3.56. The lowest BCUT2D eigenvalue weighted by Gasteiger charge is -2.12. The van der Waals surface area contributed by atoms with E-state index in [-0.39, 0.29) is 22.3 Å². The molecule has 0 radical (unpaired) electrons. The molecule has 0 saturated heterocycles. The molecule has 3 rings (SSSR count). The van der Waals surface area contributed by atoms with E-state index in [0.29, 0.717) is 6.07 Å². The lowest BCUT2D eigenvalue weighted by molar-refractivity contribution is -0.137. The van der Waals surface area contributed by atoms with Crippen molar-refractivity contribution in [1.82, 2.24) is 14.5 Å². The summed E-state index contributed by atoms with van der Waals surface area (Å²) in [6.07, 6.45) is -3.57. The van der Waals surface area contributed by atoms with Gasteiger partial charge in [-0.1, -0.05) is 11.6 Å². The van der Waals surface area contributed by atoms with E-state index in [1.54, 1.807) is 0 Å². The molecule has 0 aliphatic heterocycles. The first kappa shape index (κ1) is 18.6. The van der Waals surface area contributed by atoms with E-state index in [1.165, 1.54) is 19.2 Å². The van der Waals surface area contributed by atoms with Gasteiger partial charge in [-0.3, -0.25) is 19.1 Å². The fourth-order valence-corrected chi connectivity index (χ4v) is 2.61. The first-order valence-electron chi connectivity index (χ1n) is 7.35. The van der Waals surface area contributed by atoms with Crippen LogP contribution in [0.4, 0.5) is 18.9 Å². The Kier molecular flexibility index (Phi) is 4.52. The number of aromatic amines is 1. The molecule has 0 fully saturated rings. The second-order valence-electron chi connectivity index (χ2n) is 5.56. The van der Waals surface area contributed by atoms with Gasteiger partial charge >= 0.3 is 11.9 Å². The highest BCUT2D eigenvalue weighted by Crippen LogP contribution is 2.36. The maximum Gasteiger partial charge on any atom is 0.417 e. The first-order valence-corrected chi connectivity index (χ1v) is 7.73. The van der Waals surface area contributed by atoms with E-state index in [0.717, 1.165) is 16.8 Å². The molecular formula is C16H10ClF3N4O3. The van der Waals surface area contributed by atoms with Gasteiger partial charge in [-0.15, -0.1) is 0 Å². The zero-order valence-corrected chi connectivity index (χ0v) is 14.3. The van der Waals surface area contributed by atoms with Crippen molar-refractivity contribution in [3.63, 3.8) is 0 Å². The fraction of sp³-hybridized carbons (Fsp3) is 0.125. The summed E-state index contributed by atoms with van der Waals surface area (Å²) in [4.78, 5) is 41.7. The molecule has 0 spiro atoms. The summed E-state index contributed by atoms with van der Waals surface area (Å²) in [6.45, 7) is 0. The Bertz CT molecular complexity index is 1180. The third-order valence-corrected chi connectivity index (χ3v) is 4.08. The van der Waals surface area contributed by atoms with Crippen LogP contribution in [0.1, 0.15) is 15.9 Å². The van der Waals surface area contributed by atoms with E-state index in [4.69, 9.17) is 11.6 Å². The van der Waals surface area contributed by atoms with Crippen molar-refractivity contribution < 1.29 is 18.0 Å². The number of alkyl halides is 3. The zero-order valence-electron chi connectivity index (χ0n) is 13.5. The number of H-pyrrole nitrogens is 1. The monoisotopic (exact) mass is 398 g/mol. The van der Waals surface area contributed by atoms with Crippen LogP contribution in [-0.4, -0.2) is 20.4 Å². The topological polar surface area (TPSA) is 96.9 Å². The summed E-state index contributed by atoms with van der Waals surface area (Å²) < 4.78 is 39.8. The Hall–Kier alpha value is -3.14. The van der Waals surface area contributed by atoms with E-state index >= 15 is 0 Å². The van der Waals surface area contributed by atoms with Gasteiger partial charge in [0.25, 0.3) is 11.5 Å². The predicted octanol–water partition coefficient (Wildman–Crippen LogP) is 2.55. The molecule has 0 bridgehead atoms. The number of nitrogens with one attached hydrogen (secondary N) is 2. The number of carbonyl (C=O) groups is 1. The maximum atomic E-state index is 12.9. The summed E-state index contributed by atoms with van der Waals surface area (Å²) in [7, 11) is 1.39. The van der Waals surface area contributed by atoms with Gasteiger partial charge in [-0.05, 0) is 24.3 Å². The van der Waals surface area contributed by atoms with Crippen LogP contribution >= 0.6 is 11.6 Å². The Morgan fingerprint density at radius 3 is 2.63 bits per heavy atom. The molecule has 2 aromatic heterocycles. The largest absolute Gasteiger partial charge is 0.417 e. The van der Waals surface area contributed by atoms with Crippen LogP contribution in [0, 0.1) is 0 Å². The molecule has 11 heteroatoms. The lowest BCUT2D eigenvalue weighted by atomic mass is 10.1. The Morgan fingerprint density at radius 1 is 1.26 bits per heavy atom. The van der Waals surface area contributed by atoms with Gasteiger partial charge in [0.1, 0.15) is 5.65 Å². The van der Waals surface area contributed by atoms with Crippen molar-refractivity contribution in [2.24, 2.45) is 7.05 Å². The van der Waals surface area contributed by atoms with Gasteiger partial charge in [0.15, 0.2) is 0 Å². The molecule has 2 heterocycles. The summed E-state index contributed by atoms with van der Waals surface area (Å²) in [5.41, 5.74) is -2.64. The standard InChI is InChI=1S/C16H10ClF3N4O3/c1-24-12-9(14(26)23-15(24)27)4-7(6-21-12)13(25)22-8-2-3-11(17)10(5-8)16(18,19)20/h2-6H,1H3,(H,22,25)(H,23,26,27). The van der Waals surface area contributed by atoms with Crippen molar-refractivity contribution in [3.8, 4) is 0 Å². The van der Waals surface area contributed by atoms with Crippen LogP contribution in [0.15, 0.2) is 40.1 Å². The normalized spacial score (nSPS) is 11.6. The minimum atomic E-state index is -4.68. The number of amides is 1. The number of aryl methyl sites for hydroxylation is 1. The second-order valence-corrected chi connectivity index (χ2v) is 5.97. The molecule has 0 saturated carbocycles. The summed E-state index contributed by atoms with van der Waals surface area (Å²) in [5, 5.41) is 1.77. The Morgan fingerprint density at radius 2 is 1.96 bits per heavy atom. The summed E-state index contributed by atoms with van der Waals surface area (Å²) in [5.74, 6) is -0.784. The molecule has 0 atom stereocenters. The van der Waals surface area contributed by atoms with Gasteiger partial charge in [0, 0.05) is 18.9 Å². The van der Waals surface area contributed by atoms with Crippen LogP contribution in [0.3, 0.4) is 0 Å². The highest BCUT2D eigenvalue weighted by Gasteiger charge is 2.33. The van der Waals surface area contributed by atoms with Crippen LogP contribution in [-0.2, 0) is 13.2 Å². The SMILES string of the molecule is Cn1c(=O)[nH]c(=O)c2cc(C(=O)Nc3ccc(Cl)c(C(F)(F)F)c3)cnc21. The van der Waals surface area contributed by atoms with Crippen LogP contribution in [0.5, 0.6) is 0 Å². The molecular weight excluding hydrogens is 389 g/mol. The van der Waals surface area contributed by atoms with E-state index in [1.807, 2.05) is 0 Å². The van der Waals surface area contributed by atoms with Crippen molar-refractivity contribution in [3.05, 3.63) is 67.4 Å². The average Bonchev–Trinajstić information content (AvgIpc) is 2.60. The predicted molar refractivity (Wildman–Crippen MR) is 92.0 cm³/mol. The van der Waals surface area contributed by atoms with Gasteiger partial charge in [0.05, 0.1) is 21.5 Å². The third-order valence-electron chi connectivity index (χ3n) is 3.75. The minimum absolute atomic E-state index is 0.0168. The van der Waals surface area contributed by atoms with Gasteiger partial charge < -0.3 is 5.32 Å². The number of pyridine rings is 1. The van der Waals surface area contributed by atoms with Gasteiger partial charge in [-0.25, -0.2) is 9.78 Å². The van der Waals surface area contributed by atoms with Crippen LogP contribution in [0.2, 0.25) is 5.02 Å². The lowest BCUT2D eigenvalue weighted by Crippen LogP contribution is -2.29. The number of halogens is 4. The van der Waals surface area contributed by atoms with E-state index < -0.39 is 33.9 Å². The fourth-order valence-electron chi connectivity index (χ4n) is 2.38. The maximum absolute atomic E-state index is 12.9. The van der Waals surface area contributed by atoms with Crippen molar-refractivity contribution >= 4 is 34.2 Å². The molecule has 2 N–H and O–H groups in total. The highest BCUT2D eigenvalue weighted by atomic mass is 35.5. The van der Waals surface area contributed by atoms with Crippen LogP contribution in [0.25, 0.3) is 11.0 Å². The number of aromatic nitrogens is 3. The molecule has 3 aromatic rings. The average molecular weight is 399 g/mol. The number of anilines is 1. The number of benzene rings is 1. The van der Waals surface area contributed by atoms with Crippen molar-refractivity contribution in [2.75, 3.05) is 5.32 Å². The molecule has 1 aromatic carbocycles. The molecule has 1 amide bonds. The van der Waals surface area contributed by atoms with Crippen molar-refractivity contribution in [2.45, 2.75) is 6.18 Å². The van der Waals surface area contributed by atoms with Crippen molar-refractivity contribution in [1.29, 1.82) is 0 Å². The number of hydrogen-bond donors (Lipinski definition) is 2. The minimum Gasteiger partial charge on any atom is -0.322 e. The van der Waals surface area contributed by atoms with Gasteiger partial charge in [0.2, 0.25) is 0 Å². The summed E-state index contributed by atoms with van der Waals surface area (Å²) in [6, 6.07) is 4.11. The molecule has 27 heavy (non-hydrogen) atoms. The van der Waals surface area contributed by atoms with E-state index in [2.05, 4.69) is 15.3 Å². The second kappa shape index (κ2) is 6.54. The smallest absolute Gasteiger partial charge is 0.322 e. The molecule has 0 aliphatic carbocycles. The van der Waals surface area contributed by atoms with Gasteiger partial charge in [-0.2, -0.15) is 13.2 Å². The number of nitrogens with zero attached hydrogens (tertiary/aromatic N) is 2. The Balaban J connectivity index is 1.98. The zero-order chi connectivity index (χ0) is 19.9. The first-order chi connectivity index (χ1) is 12.6. The van der Waals surface area contributed by atoms with E-state index in [9.17, 15) is 27.6 Å². The molecule has 140 valence electrons. The Labute approximate surface area is 153 Å². The summed E-state index contributed by atoms with van der Waals surface area (Å²) >= 11 is 5.54.